The van der Waals surface area contributed by atoms with Gasteiger partial charge in [0.15, 0.2) is 0 Å². The van der Waals surface area contributed by atoms with E-state index in [1.807, 2.05) is 22.9 Å². The monoisotopic (exact) mass is 425 g/mol. The number of carbonyl (C=O) groups is 2. The van der Waals surface area contributed by atoms with Crippen molar-refractivity contribution in [2.75, 3.05) is 12.4 Å². The van der Waals surface area contributed by atoms with Gasteiger partial charge in [0, 0.05) is 21.5 Å². The maximum absolute atomic E-state index is 12.9. The number of nitrogens with zero attached hydrogens (tertiary/aromatic N) is 2. The minimum atomic E-state index is -0.453. The number of carbonyl (C=O) groups excluding carboxylic acids is 2. The third-order valence-electron chi connectivity index (χ3n) is 4.25. The number of anilines is 1. The normalized spacial score (nSPS) is 10.8. The van der Waals surface area contributed by atoms with Crippen LogP contribution in [0.25, 0.3) is 20.7 Å². The van der Waals surface area contributed by atoms with Gasteiger partial charge in [0.05, 0.1) is 24.4 Å². The fourth-order valence-electron chi connectivity index (χ4n) is 2.86. The maximum Gasteiger partial charge on any atom is 0.337 e. The molecule has 0 aliphatic heterocycles. The molecule has 1 amide bonds. The number of rotatable bonds is 5. The van der Waals surface area contributed by atoms with Gasteiger partial charge in [0.2, 0.25) is 5.91 Å². The largest absolute Gasteiger partial charge is 0.465 e. The lowest BCUT2D eigenvalue weighted by Gasteiger charge is -2.08. The van der Waals surface area contributed by atoms with E-state index in [4.69, 9.17) is 0 Å². The number of hydrogen-bond acceptors (Lipinski definition) is 7. The molecule has 1 N–H and O–H groups in total. The van der Waals surface area contributed by atoms with Crippen molar-refractivity contribution in [3.63, 3.8) is 0 Å². The van der Waals surface area contributed by atoms with Crippen LogP contribution in [0.5, 0.6) is 0 Å². The minimum Gasteiger partial charge on any atom is -0.465 e. The SMILES string of the molecule is COC(=O)c1ccc(NC(=O)Cn2cnc3scc(-c4cccs4)c3c2=O)cc1. The molecule has 1 aromatic carbocycles. The van der Waals surface area contributed by atoms with Crippen LogP contribution < -0.4 is 10.9 Å². The van der Waals surface area contributed by atoms with Crippen LogP contribution in [0.2, 0.25) is 0 Å². The van der Waals surface area contributed by atoms with Crippen LogP contribution in [-0.4, -0.2) is 28.5 Å². The van der Waals surface area contributed by atoms with E-state index in [0.29, 0.717) is 21.5 Å². The zero-order valence-electron chi connectivity index (χ0n) is 15.2. The predicted octanol–water partition coefficient (Wildman–Crippen LogP) is 3.61. The Bertz CT molecular complexity index is 1240. The quantitative estimate of drug-likeness (QED) is 0.493. The van der Waals surface area contributed by atoms with Crippen molar-refractivity contribution in [2.24, 2.45) is 0 Å². The van der Waals surface area contributed by atoms with Crippen LogP contribution in [0.3, 0.4) is 0 Å². The lowest BCUT2D eigenvalue weighted by molar-refractivity contribution is -0.116. The van der Waals surface area contributed by atoms with E-state index < -0.39 is 5.97 Å². The molecule has 29 heavy (non-hydrogen) atoms. The van der Waals surface area contributed by atoms with E-state index in [2.05, 4.69) is 15.0 Å². The Kier molecular flexibility index (Phi) is 5.24. The molecule has 0 spiro atoms. The summed E-state index contributed by atoms with van der Waals surface area (Å²) in [6.07, 6.45) is 1.39. The Hall–Kier alpha value is -3.30. The Labute approximate surface area is 173 Å². The van der Waals surface area contributed by atoms with Gasteiger partial charge in [-0.05, 0) is 35.7 Å². The first-order valence-electron chi connectivity index (χ1n) is 8.55. The molecule has 7 nitrogen and oxygen atoms in total. The molecule has 3 heterocycles. The number of fused-ring (bicyclic) bond motifs is 1. The number of esters is 1. The first-order chi connectivity index (χ1) is 14.1. The van der Waals surface area contributed by atoms with Crippen LogP contribution in [0.1, 0.15) is 10.4 Å². The maximum atomic E-state index is 12.9. The summed E-state index contributed by atoms with van der Waals surface area (Å²) >= 11 is 2.95. The van der Waals surface area contributed by atoms with Crippen LogP contribution >= 0.6 is 22.7 Å². The summed E-state index contributed by atoms with van der Waals surface area (Å²) in [5, 5.41) is 7.10. The van der Waals surface area contributed by atoms with Gasteiger partial charge in [0.1, 0.15) is 11.4 Å². The van der Waals surface area contributed by atoms with Gasteiger partial charge in [-0.25, -0.2) is 9.78 Å². The van der Waals surface area contributed by atoms with Gasteiger partial charge in [-0.3, -0.25) is 14.2 Å². The highest BCUT2D eigenvalue weighted by molar-refractivity contribution is 7.18. The van der Waals surface area contributed by atoms with Gasteiger partial charge in [-0.2, -0.15) is 0 Å². The van der Waals surface area contributed by atoms with Gasteiger partial charge >= 0.3 is 5.97 Å². The molecule has 0 saturated carbocycles. The van der Waals surface area contributed by atoms with Crippen LogP contribution in [0.4, 0.5) is 5.69 Å². The molecule has 0 aliphatic carbocycles. The average Bonchev–Trinajstić information content (AvgIpc) is 3.40. The lowest BCUT2D eigenvalue weighted by atomic mass is 10.2. The summed E-state index contributed by atoms with van der Waals surface area (Å²) in [5.41, 5.74) is 1.48. The van der Waals surface area contributed by atoms with E-state index >= 15 is 0 Å². The molecule has 9 heteroatoms. The number of benzene rings is 1. The molecule has 4 aromatic rings. The molecular formula is C20H15N3O4S2. The first-order valence-corrected chi connectivity index (χ1v) is 10.3. The number of nitrogens with one attached hydrogen (secondary N) is 1. The molecule has 4 rings (SSSR count). The van der Waals surface area contributed by atoms with Gasteiger partial charge in [0.25, 0.3) is 5.56 Å². The second-order valence-electron chi connectivity index (χ2n) is 6.10. The molecule has 146 valence electrons. The van der Waals surface area contributed by atoms with Crippen LogP contribution in [-0.2, 0) is 16.1 Å². The highest BCUT2D eigenvalue weighted by Gasteiger charge is 2.15. The highest BCUT2D eigenvalue weighted by Crippen LogP contribution is 2.33. The molecule has 0 aliphatic rings. The van der Waals surface area contributed by atoms with E-state index in [1.54, 1.807) is 35.6 Å². The number of thiophene rings is 2. The molecule has 0 bridgehead atoms. The third kappa shape index (κ3) is 3.82. The smallest absolute Gasteiger partial charge is 0.337 e. The Morgan fingerprint density at radius 1 is 1.17 bits per heavy atom. The van der Waals surface area contributed by atoms with Crippen molar-refractivity contribution in [1.29, 1.82) is 0 Å². The highest BCUT2D eigenvalue weighted by atomic mass is 32.1. The predicted molar refractivity (Wildman–Crippen MR) is 114 cm³/mol. The summed E-state index contributed by atoms with van der Waals surface area (Å²) in [6, 6.07) is 10.2. The standard InChI is InChI=1S/C20H15N3O4S2/c1-27-20(26)12-4-6-13(7-5-12)22-16(24)9-23-11-21-18-17(19(23)25)14(10-29-18)15-3-2-8-28-15/h2-8,10-11H,9H2,1H3,(H,22,24). The number of methoxy groups -OCH3 is 1. The fourth-order valence-corrected chi connectivity index (χ4v) is 4.58. The summed E-state index contributed by atoms with van der Waals surface area (Å²) in [5.74, 6) is -0.821. The van der Waals surface area contributed by atoms with E-state index in [-0.39, 0.29) is 18.0 Å². The number of ether oxygens (including phenoxy) is 1. The molecule has 0 saturated heterocycles. The Morgan fingerprint density at radius 2 is 1.97 bits per heavy atom. The average molecular weight is 425 g/mol. The number of hydrogen-bond donors (Lipinski definition) is 1. The summed E-state index contributed by atoms with van der Waals surface area (Å²) in [4.78, 5) is 42.8. The van der Waals surface area contributed by atoms with Crippen molar-refractivity contribution in [1.82, 2.24) is 9.55 Å². The van der Waals surface area contributed by atoms with Crippen molar-refractivity contribution in [3.8, 4) is 10.4 Å². The van der Waals surface area contributed by atoms with Crippen molar-refractivity contribution in [3.05, 3.63) is 69.4 Å². The summed E-state index contributed by atoms with van der Waals surface area (Å²) < 4.78 is 5.94. The lowest BCUT2D eigenvalue weighted by Crippen LogP contribution is -2.27. The topological polar surface area (TPSA) is 90.3 Å². The summed E-state index contributed by atoms with van der Waals surface area (Å²) in [7, 11) is 1.30. The minimum absolute atomic E-state index is 0.166. The molecule has 3 aromatic heterocycles. The fraction of sp³-hybridized carbons (Fsp3) is 0.100. The van der Waals surface area contributed by atoms with Gasteiger partial charge in [-0.1, -0.05) is 6.07 Å². The second-order valence-corrected chi connectivity index (χ2v) is 7.91. The van der Waals surface area contributed by atoms with Crippen LogP contribution in [0.15, 0.2) is 58.3 Å². The zero-order chi connectivity index (χ0) is 20.4. The second kappa shape index (κ2) is 7.98. The van der Waals surface area contributed by atoms with Crippen molar-refractivity contribution < 1.29 is 14.3 Å². The van der Waals surface area contributed by atoms with Crippen molar-refractivity contribution >= 4 is 50.5 Å². The number of amides is 1. The van der Waals surface area contributed by atoms with E-state index in [1.165, 1.54) is 29.3 Å². The molecule has 0 unspecified atom stereocenters. The number of aromatic nitrogens is 2. The molecule has 0 radical (unpaired) electrons. The van der Waals surface area contributed by atoms with E-state index in [9.17, 15) is 14.4 Å². The molecule has 0 atom stereocenters. The van der Waals surface area contributed by atoms with E-state index in [0.717, 1.165) is 10.4 Å². The van der Waals surface area contributed by atoms with Gasteiger partial charge < -0.3 is 10.1 Å². The Balaban J connectivity index is 1.55. The van der Waals surface area contributed by atoms with Crippen molar-refractivity contribution in [2.45, 2.75) is 6.54 Å². The zero-order valence-corrected chi connectivity index (χ0v) is 16.9. The molecular weight excluding hydrogens is 410 g/mol. The summed E-state index contributed by atoms with van der Waals surface area (Å²) in [6.45, 7) is -0.166. The first kappa shape index (κ1) is 19.0. The third-order valence-corrected chi connectivity index (χ3v) is 6.04. The van der Waals surface area contributed by atoms with Crippen LogP contribution in [0, 0.1) is 0 Å². The Morgan fingerprint density at radius 3 is 2.66 bits per heavy atom. The van der Waals surface area contributed by atoms with Gasteiger partial charge in [-0.15, -0.1) is 22.7 Å². The molecule has 0 fully saturated rings.